The summed E-state index contributed by atoms with van der Waals surface area (Å²) >= 11 is 0. The lowest BCUT2D eigenvalue weighted by atomic mass is 10.1. The van der Waals surface area contributed by atoms with E-state index in [2.05, 4.69) is 0 Å². The number of amides is 1. The Morgan fingerprint density at radius 3 is 2.60 bits per heavy atom. The molecule has 0 saturated carbocycles. The summed E-state index contributed by atoms with van der Waals surface area (Å²) in [6.07, 6.45) is 2.09. The summed E-state index contributed by atoms with van der Waals surface area (Å²) in [5.41, 5.74) is 4.78. The smallest absolute Gasteiger partial charge is 0.335 e. The predicted octanol–water partition coefficient (Wildman–Crippen LogP) is 1.02. The normalized spacial score (nSPS) is 10.5. The van der Waals surface area contributed by atoms with Crippen LogP contribution in [0.15, 0.2) is 24.3 Å². The summed E-state index contributed by atoms with van der Waals surface area (Å²) in [6.45, 7) is 0. The molecule has 78 valence electrons. The van der Waals surface area contributed by atoms with Crippen molar-refractivity contribution in [3.63, 3.8) is 0 Å². The molecule has 4 nitrogen and oxygen atoms in total. The minimum atomic E-state index is -1.16. The largest absolute Gasteiger partial charge is 0.478 e. The van der Waals surface area contributed by atoms with Gasteiger partial charge in [-0.15, -0.1) is 0 Å². The first kappa shape index (κ1) is 10.9. The van der Waals surface area contributed by atoms with Crippen molar-refractivity contribution in [2.45, 2.75) is 0 Å². The van der Waals surface area contributed by atoms with Crippen molar-refractivity contribution in [2.24, 2.45) is 5.73 Å². The zero-order valence-electron chi connectivity index (χ0n) is 7.61. The van der Waals surface area contributed by atoms with Crippen molar-refractivity contribution in [1.82, 2.24) is 0 Å². The number of hydrogen-bond donors (Lipinski definition) is 2. The van der Waals surface area contributed by atoms with E-state index < -0.39 is 17.7 Å². The highest BCUT2D eigenvalue weighted by Gasteiger charge is 2.06. The Hall–Kier alpha value is -2.17. The summed E-state index contributed by atoms with van der Waals surface area (Å²) in [4.78, 5) is 21.0. The summed E-state index contributed by atoms with van der Waals surface area (Å²) in [5.74, 6) is -2.50. The monoisotopic (exact) mass is 209 g/mol. The van der Waals surface area contributed by atoms with Crippen LogP contribution in [0.5, 0.6) is 0 Å². The molecule has 5 heteroatoms. The van der Waals surface area contributed by atoms with E-state index in [9.17, 15) is 14.0 Å². The van der Waals surface area contributed by atoms with E-state index in [1.165, 1.54) is 0 Å². The van der Waals surface area contributed by atoms with Gasteiger partial charge in [0.25, 0.3) is 0 Å². The minimum Gasteiger partial charge on any atom is -0.478 e. The molecule has 15 heavy (non-hydrogen) atoms. The number of halogens is 1. The molecule has 1 aromatic carbocycles. The van der Waals surface area contributed by atoms with Crippen molar-refractivity contribution >= 4 is 18.0 Å². The molecular formula is C10H8FNO3. The van der Waals surface area contributed by atoms with E-state index in [0.29, 0.717) is 0 Å². The van der Waals surface area contributed by atoms with Gasteiger partial charge in [0, 0.05) is 11.6 Å². The average Bonchev–Trinajstić information content (AvgIpc) is 2.16. The van der Waals surface area contributed by atoms with Crippen LogP contribution in [0.3, 0.4) is 0 Å². The van der Waals surface area contributed by atoms with Gasteiger partial charge in [0.2, 0.25) is 5.91 Å². The van der Waals surface area contributed by atoms with Gasteiger partial charge in [-0.25, -0.2) is 9.18 Å². The van der Waals surface area contributed by atoms with Crippen LogP contribution in [0.25, 0.3) is 6.08 Å². The van der Waals surface area contributed by atoms with Crippen molar-refractivity contribution in [2.75, 3.05) is 0 Å². The van der Waals surface area contributed by atoms with Crippen molar-refractivity contribution < 1.29 is 19.1 Å². The minimum absolute atomic E-state index is 0.00806. The number of primary amides is 1. The zero-order valence-corrected chi connectivity index (χ0v) is 7.61. The maximum atomic E-state index is 13.1. The molecule has 1 aromatic rings. The highest BCUT2D eigenvalue weighted by atomic mass is 19.1. The summed E-state index contributed by atoms with van der Waals surface area (Å²) < 4.78 is 13.1. The van der Waals surface area contributed by atoms with E-state index in [1.807, 2.05) is 0 Å². The molecule has 0 heterocycles. The van der Waals surface area contributed by atoms with E-state index in [1.54, 1.807) is 0 Å². The standard InChI is InChI=1S/C10H8FNO3/c11-8-3-1-7(10(14)15)5-6(8)2-4-9(12)13/h1-5H,(H2,12,13)(H,14,15). The first-order valence-corrected chi connectivity index (χ1v) is 4.01. The molecule has 0 spiro atoms. The molecule has 0 bridgehead atoms. The number of carboxylic acid groups (broad SMARTS) is 1. The molecule has 0 aliphatic rings. The topological polar surface area (TPSA) is 80.4 Å². The second-order valence-corrected chi connectivity index (χ2v) is 2.78. The lowest BCUT2D eigenvalue weighted by molar-refractivity contribution is -0.113. The molecule has 0 saturated heterocycles. The number of rotatable bonds is 3. The molecule has 0 unspecified atom stereocenters. The average molecular weight is 209 g/mol. The number of benzene rings is 1. The maximum absolute atomic E-state index is 13.1. The molecule has 0 fully saturated rings. The molecule has 1 amide bonds. The second-order valence-electron chi connectivity index (χ2n) is 2.78. The Balaban J connectivity index is 3.11. The lowest BCUT2D eigenvalue weighted by Crippen LogP contribution is -2.05. The van der Waals surface area contributed by atoms with Gasteiger partial charge in [0.15, 0.2) is 0 Å². The third-order valence-corrected chi connectivity index (χ3v) is 1.67. The quantitative estimate of drug-likeness (QED) is 0.729. The van der Waals surface area contributed by atoms with Gasteiger partial charge in [0.1, 0.15) is 5.82 Å². The molecule has 0 radical (unpaired) electrons. The highest BCUT2D eigenvalue weighted by molar-refractivity contribution is 5.91. The Labute approximate surface area is 84.8 Å². The third-order valence-electron chi connectivity index (χ3n) is 1.67. The van der Waals surface area contributed by atoms with Crippen LogP contribution >= 0.6 is 0 Å². The Morgan fingerprint density at radius 2 is 2.07 bits per heavy atom. The zero-order chi connectivity index (χ0) is 11.4. The third kappa shape index (κ3) is 2.91. The van der Waals surface area contributed by atoms with Crippen LogP contribution in [0.4, 0.5) is 4.39 Å². The number of nitrogens with two attached hydrogens (primary N) is 1. The first-order valence-electron chi connectivity index (χ1n) is 4.01. The number of carbonyl (C=O) groups excluding carboxylic acids is 1. The van der Waals surface area contributed by atoms with Gasteiger partial charge < -0.3 is 10.8 Å². The van der Waals surface area contributed by atoms with E-state index in [4.69, 9.17) is 10.8 Å². The lowest BCUT2D eigenvalue weighted by Gasteiger charge is -1.98. The molecule has 0 aromatic heterocycles. The maximum Gasteiger partial charge on any atom is 0.335 e. The molecule has 1 rings (SSSR count). The fraction of sp³-hybridized carbons (Fsp3) is 0. The van der Waals surface area contributed by atoms with E-state index in [0.717, 1.165) is 30.4 Å². The van der Waals surface area contributed by atoms with Crippen LogP contribution in [0, 0.1) is 5.82 Å². The van der Waals surface area contributed by atoms with Crippen LogP contribution in [-0.2, 0) is 4.79 Å². The van der Waals surface area contributed by atoms with E-state index in [-0.39, 0.29) is 11.1 Å². The number of aromatic carboxylic acids is 1. The summed E-state index contributed by atoms with van der Waals surface area (Å²) in [7, 11) is 0. The summed E-state index contributed by atoms with van der Waals surface area (Å²) in [6, 6.07) is 3.28. The Morgan fingerprint density at radius 1 is 1.40 bits per heavy atom. The van der Waals surface area contributed by atoms with Crippen LogP contribution in [0.2, 0.25) is 0 Å². The molecule has 0 aliphatic heterocycles. The molecular weight excluding hydrogens is 201 g/mol. The van der Waals surface area contributed by atoms with Crippen LogP contribution < -0.4 is 5.73 Å². The summed E-state index contributed by atoms with van der Waals surface area (Å²) in [5, 5.41) is 8.64. The van der Waals surface area contributed by atoms with Gasteiger partial charge >= 0.3 is 5.97 Å². The fourth-order valence-electron chi connectivity index (χ4n) is 0.976. The van der Waals surface area contributed by atoms with Crippen molar-refractivity contribution in [1.29, 1.82) is 0 Å². The van der Waals surface area contributed by atoms with E-state index >= 15 is 0 Å². The van der Waals surface area contributed by atoms with Gasteiger partial charge in [0.05, 0.1) is 5.56 Å². The second kappa shape index (κ2) is 4.36. The van der Waals surface area contributed by atoms with Crippen LogP contribution in [0.1, 0.15) is 15.9 Å². The van der Waals surface area contributed by atoms with Gasteiger partial charge in [-0.2, -0.15) is 0 Å². The van der Waals surface area contributed by atoms with Crippen molar-refractivity contribution in [3.05, 3.63) is 41.2 Å². The van der Waals surface area contributed by atoms with Gasteiger partial charge in [-0.1, -0.05) is 0 Å². The Kier molecular flexibility index (Phi) is 3.17. The molecule has 3 N–H and O–H groups in total. The SMILES string of the molecule is NC(=O)C=Cc1cc(C(=O)O)ccc1F. The molecule has 0 aliphatic carbocycles. The fourth-order valence-corrected chi connectivity index (χ4v) is 0.976. The van der Waals surface area contributed by atoms with Crippen LogP contribution in [-0.4, -0.2) is 17.0 Å². The van der Waals surface area contributed by atoms with Crippen molar-refractivity contribution in [3.8, 4) is 0 Å². The van der Waals surface area contributed by atoms with Gasteiger partial charge in [-0.3, -0.25) is 4.79 Å². The number of carbonyl (C=O) groups is 2. The number of carboxylic acids is 1. The first-order chi connectivity index (χ1) is 7.00. The highest BCUT2D eigenvalue weighted by Crippen LogP contribution is 2.12. The number of hydrogen-bond acceptors (Lipinski definition) is 2. The predicted molar refractivity (Wildman–Crippen MR) is 51.6 cm³/mol. The molecule has 0 atom stereocenters. The van der Waals surface area contributed by atoms with Gasteiger partial charge in [-0.05, 0) is 24.3 Å². The Bertz CT molecular complexity index is 440.